The van der Waals surface area contributed by atoms with Crippen molar-refractivity contribution >= 4 is 17.3 Å². The van der Waals surface area contributed by atoms with Gasteiger partial charge in [0, 0.05) is 37.1 Å². The quantitative estimate of drug-likeness (QED) is 0.558. The van der Waals surface area contributed by atoms with Crippen molar-refractivity contribution in [2.75, 3.05) is 39.3 Å². The molecule has 136 valence electrons. The second-order valence-corrected chi connectivity index (χ2v) is 7.47. The van der Waals surface area contributed by atoms with Crippen LogP contribution in [-0.2, 0) is 12.8 Å². The lowest BCUT2D eigenvalue weighted by Gasteiger charge is -2.18. The number of thiazole rings is 1. The lowest BCUT2D eigenvalue weighted by atomic mass is 10.2. The molecule has 0 atom stereocenters. The maximum absolute atomic E-state index is 4.73. The summed E-state index contributed by atoms with van der Waals surface area (Å²) in [7, 11) is 0. The lowest BCUT2D eigenvalue weighted by molar-refractivity contribution is 0.293. The zero-order valence-electron chi connectivity index (χ0n) is 15.3. The Kier molecular flexibility index (Phi) is 9.13. The standard InChI is InChI=1S/C18H33N5S/c1-3-16-15-22-17(24-16)9-10-20-18(19-4-2)21-11-14-23-12-7-5-6-8-13-23/h15H,3-14H2,1-2H3,(H2,19,20,21). The van der Waals surface area contributed by atoms with Gasteiger partial charge in [-0.25, -0.2) is 4.98 Å². The van der Waals surface area contributed by atoms with Crippen LogP contribution in [0.2, 0.25) is 0 Å². The van der Waals surface area contributed by atoms with Crippen molar-refractivity contribution in [2.24, 2.45) is 4.99 Å². The van der Waals surface area contributed by atoms with Crippen LogP contribution in [0, 0.1) is 0 Å². The van der Waals surface area contributed by atoms with Gasteiger partial charge in [0.25, 0.3) is 0 Å². The molecular formula is C18H33N5S. The van der Waals surface area contributed by atoms with Crippen LogP contribution in [-0.4, -0.2) is 55.1 Å². The summed E-state index contributed by atoms with van der Waals surface area (Å²) in [5.41, 5.74) is 0. The molecular weight excluding hydrogens is 318 g/mol. The Balaban J connectivity index is 1.71. The first kappa shape index (κ1) is 19.2. The smallest absolute Gasteiger partial charge is 0.191 e. The van der Waals surface area contributed by atoms with E-state index >= 15 is 0 Å². The van der Waals surface area contributed by atoms with Crippen LogP contribution in [0.4, 0.5) is 0 Å². The molecule has 2 N–H and O–H groups in total. The number of hydrogen-bond acceptors (Lipinski definition) is 4. The minimum Gasteiger partial charge on any atom is -0.357 e. The molecule has 5 nitrogen and oxygen atoms in total. The molecule has 0 unspecified atom stereocenters. The molecule has 0 saturated carbocycles. The van der Waals surface area contributed by atoms with Gasteiger partial charge in [-0.05, 0) is 39.3 Å². The van der Waals surface area contributed by atoms with Crippen molar-refractivity contribution in [3.8, 4) is 0 Å². The summed E-state index contributed by atoms with van der Waals surface area (Å²) in [4.78, 5) is 13.1. The molecule has 1 aromatic heterocycles. The maximum atomic E-state index is 4.73. The van der Waals surface area contributed by atoms with Crippen LogP contribution >= 0.6 is 11.3 Å². The van der Waals surface area contributed by atoms with Crippen LogP contribution in [0.1, 0.15) is 49.4 Å². The number of rotatable bonds is 8. The Morgan fingerprint density at radius 1 is 1.21 bits per heavy atom. The zero-order valence-corrected chi connectivity index (χ0v) is 16.1. The van der Waals surface area contributed by atoms with Crippen molar-refractivity contribution in [2.45, 2.75) is 52.4 Å². The molecule has 0 amide bonds. The second-order valence-electron chi connectivity index (χ2n) is 6.27. The van der Waals surface area contributed by atoms with Gasteiger partial charge >= 0.3 is 0 Å². The molecule has 2 rings (SSSR count). The van der Waals surface area contributed by atoms with E-state index in [1.54, 1.807) is 0 Å². The summed E-state index contributed by atoms with van der Waals surface area (Å²) in [5, 5.41) is 7.98. The Morgan fingerprint density at radius 3 is 2.67 bits per heavy atom. The molecule has 1 fully saturated rings. The average Bonchev–Trinajstić information content (AvgIpc) is 2.89. The minimum atomic E-state index is 0.868. The molecule has 1 saturated heterocycles. The van der Waals surface area contributed by atoms with Crippen LogP contribution in [0.3, 0.4) is 0 Å². The summed E-state index contributed by atoms with van der Waals surface area (Å²) < 4.78 is 0. The molecule has 0 bridgehead atoms. The molecule has 0 aliphatic carbocycles. The number of nitrogens with zero attached hydrogens (tertiary/aromatic N) is 3. The molecule has 24 heavy (non-hydrogen) atoms. The fourth-order valence-electron chi connectivity index (χ4n) is 2.92. The van der Waals surface area contributed by atoms with Crippen molar-refractivity contribution in [1.82, 2.24) is 20.5 Å². The van der Waals surface area contributed by atoms with Crippen LogP contribution in [0.5, 0.6) is 0 Å². The van der Waals surface area contributed by atoms with Crippen LogP contribution in [0.15, 0.2) is 11.2 Å². The third-order valence-corrected chi connectivity index (χ3v) is 5.51. The van der Waals surface area contributed by atoms with Gasteiger partial charge in [-0.3, -0.25) is 4.99 Å². The first-order chi connectivity index (χ1) is 11.8. The van der Waals surface area contributed by atoms with Crippen molar-refractivity contribution in [3.05, 3.63) is 16.1 Å². The van der Waals surface area contributed by atoms with E-state index in [2.05, 4.69) is 34.4 Å². The van der Waals surface area contributed by atoms with E-state index in [1.807, 2.05) is 17.5 Å². The monoisotopic (exact) mass is 351 g/mol. The summed E-state index contributed by atoms with van der Waals surface area (Å²) in [6.45, 7) is 10.5. The highest BCUT2D eigenvalue weighted by Gasteiger charge is 2.08. The van der Waals surface area contributed by atoms with Crippen molar-refractivity contribution < 1.29 is 0 Å². The molecule has 1 aliphatic heterocycles. The van der Waals surface area contributed by atoms with E-state index in [0.717, 1.165) is 45.0 Å². The third kappa shape index (κ3) is 7.18. The van der Waals surface area contributed by atoms with Gasteiger partial charge in [0.05, 0.1) is 11.6 Å². The van der Waals surface area contributed by atoms with Crippen molar-refractivity contribution in [1.29, 1.82) is 0 Å². The van der Waals surface area contributed by atoms with E-state index in [1.165, 1.54) is 48.7 Å². The zero-order chi connectivity index (χ0) is 17.0. The Bertz CT molecular complexity index is 478. The predicted molar refractivity (Wildman–Crippen MR) is 104 cm³/mol. The molecule has 0 spiro atoms. The van der Waals surface area contributed by atoms with E-state index in [0.29, 0.717) is 0 Å². The largest absolute Gasteiger partial charge is 0.357 e. The molecule has 1 aliphatic rings. The normalized spacial score (nSPS) is 16.8. The minimum absolute atomic E-state index is 0.868. The van der Waals surface area contributed by atoms with E-state index in [4.69, 9.17) is 4.99 Å². The highest BCUT2D eigenvalue weighted by atomic mass is 32.1. The fraction of sp³-hybridized carbons (Fsp3) is 0.778. The maximum Gasteiger partial charge on any atom is 0.191 e. The van der Waals surface area contributed by atoms with Gasteiger partial charge in [0.15, 0.2) is 5.96 Å². The summed E-state index contributed by atoms with van der Waals surface area (Å²) in [6, 6.07) is 0. The summed E-state index contributed by atoms with van der Waals surface area (Å²) >= 11 is 1.82. The first-order valence-corrected chi connectivity index (χ1v) is 10.3. The number of guanidine groups is 1. The van der Waals surface area contributed by atoms with Gasteiger partial charge in [-0.2, -0.15) is 0 Å². The van der Waals surface area contributed by atoms with Gasteiger partial charge < -0.3 is 15.5 Å². The number of aliphatic imine (C=N–C) groups is 1. The topological polar surface area (TPSA) is 52.6 Å². The van der Waals surface area contributed by atoms with Gasteiger partial charge in [0.1, 0.15) is 0 Å². The second kappa shape index (κ2) is 11.4. The number of aromatic nitrogens is 1. The molecule has 0 radical (unpaired) electrons. The molecule has 1 aromatic rings. The first-order valence-electron chi connectivity index (χ1n) is 9.50. The Hall–Kier alpha value is -1.14. The van der Waals surface area contributed by atoms with Crippen LogP contribution < -0.4 is 10.6 Å². The average molecular weight is 352 g/mol. The highest BCUT2D eigenvalue weighted by molar-refractivity contribution is 7.11. The van der Waals surface area contributed by atoms with Crippen LogP contribution in [0.25, 0.3) is 0 Å². The van der Waals surface area contributed by atoms with Gasteiger partial charge in [0.2, 0.25) is 0 Å². The van der Waals surface area contributed by atoms with Gasteiger partial charge in [-0.1, -0.05) is 19.8 Å². The predicted octanol–water partition coefficient (Wildman–Crippen LogP) is 2.68. The Labute approximate surface area is 151 Å². The Morgan fingerprint density at radius 2 is 2.00 bits per heavy atom. The van der Waals surface area contributed by atoms with E-state index in [-0.39, 0.29) is 0 Å². The highest BCUT2D eigenvalue weighted by Crippen LogP contribution is 2.13. The number of aryl methyl sites for hydroxylation is 1. The number of hydrogen-bond donors (Lipinski definition) is 2. The summed E-state index contributed by atoms with van der Waals surface area (Å²) in [5.74, 6) is 0.930. The molecule has 2 heterocycles. The summed E-state index contributed by atoms with van der Waals surface area (Å²) in [6.07, 6.45) is 9.50. The van der Waals surface area contributed by atoms with Gasteiger partial charge in [-0.15, -0.1) is 11.3 Å². The number of likely N-dealkylation sites (tertiary alicyclic amines) is 1. The number of nitrogens with one attached hydrogen (secondary N) is 2. The molecule has 6 heteroatoms. The SMILES string of the molecule is CCNC(=NCCN1CCCCCC1)NCCc1ncc(CC)s1. The van der Waals surface area contributed by atoms with E-state index in [9.17, 15) is 0 Å². The third-order valence-electron chi connectivity index (χ3n) is 4.31. The van der Waals surface area contributed by atoms with Crippen molar-refractivity contribution in [3.63, 3.8) is 0 Å². The van der Waals surface area contributed by atoms with E-state index < -0.39 is 0 Å². The molecule has 0 aromatic carbocycles. The lowest BCUT2D eigenvalue weighted by Crippen LogP contribution is -2.39. The fourth-order valence-corrected chi connectivity index (χ4v) is 3.78.